The van der Waals surface area contributed by atoms with Crippen LogP contribution >= 0.6 is 0 Å². The number of carbonyl (C=O) groups is 1. The molecule has 2 aromatic rings. The monoisotopic (exact) mass is 311 g/mol. The number of hydrogen-bond donors (Lipinski definition) is 2. The van der Waals surface area contributed by atoms with Gasteiger partial charge in [-0.3, -0.25) is 4.79 Å². The molecule has 10 heteroatoms. The fourth-order valence-electron chi connectivity index (χ4n) is 2.51. The number of hydrogen-bond acceptors (Lipinski definition) is 7. The quantitative estimate of drug-likeness (QED) is 0.768. The fraction of sp³-hybridized carbons (Fsp3) is 0.455. The Morgan fingerprint density at radius 2 is 2.24 bits per heavy atom. The summed E-state index contributed by atoms with van der Waals surface area (Å²) in [5, 5.41) is 9.10. The van der Waals surface area contributed by atoms with Gasteiger partial charge in [-0.1, -0.05) is 0 Å². The first-order valence-corrected chi connectivity index (χ1v) is 8.11. The molecule has 0 aromatic carbocycles. The summed E-state index contributed by atoms with van der Waals surface area (Å²) in [4.78, 5) is 27.6. The zero-order valence-corrected chi connectivity index (χ0v) is 11.7. The van der Waals surface area contributed by atoms with Crippen molar-refractivity contribution < 1.29 is 18.3 Å². The highest BCUT2D eigenvalue weighted by Crippen LogP contribution is 2.26. The third kappa shape index (κ3) is 2.66. The van der Waals surface area contributed by atoms with Crippen LogP contribution in [0.3, 0.4) is 0 Å². The lowest BCUT2D eigenvalue weighted by Crippen LogP contribution is -2.40. The topological polar surface area (TPSA) is 129 Å². The minimum absolute atomic E-state index is 0.0605. The number of nitrogens with zero attached hydrogens (tertiary/aromatic N) is 4. The van der Waals surface area contributed by atoms with Crippen molar-refractivity contribution in [3.8, 4) is 0 Å². The van der Waals surface area contributed by atoms with Crippen LogP contribution in [-0.2, 0) is 14.6 Å². The molecule has 2 aromatic heterocycles. The molecule has 1 saturated heterocycles. The number of aromatic nitrogens is 4. The highest BCUT2D eigenvalue weighted by Gasteiger charge is 2.34. The minimum Gasteiger partial charge on any atom is -0.480 e. The Labute approximate surface area is 120 Å². The smallest absolute Gasteiger partial charge is 0.323 e. The van der Waals surface area contributed by atoms with E-state index in [9.17, 15) is 13.2 Å². The molecule has 1 atom stereocenters. The van der Waals surface area contributed by atoms with Crippen molar-refractivity contribution in [3.63, 3.8) is 0 Å². The maximum atomic E-state index is 11.6. The first-order chi connectivity index (χ1) is 9.96. The van der Waals surface area contributed by atoms with Gasteiger partial charge in [-0.15, -0.1) is 0 Å². The molecule has 112 valence electrons. The Morgan fingerprint density at radius 3 is 2.90 bits per heavy atom. The SMILES string of the molecule is O=C(O)CN(c1ncnc2nc[nH]c12)C1CCS(=O)(=O)C1. The van der Waals surface area contributed by atoms with E-state index in [0.29, 0.717) is 23.4 Å². The summed E-state index contributed by atoms with van der Waals surface area (Å²) in [6, 6.07) is -0.410. The molecule has 1 fully saturated rings. The fourth-order valence-corrected chi connectivity index (χ4v) is 4.24. The number of nitrogens with one attached hydrogen (secondary N) is 1. The average Bonchev–Trinajstić information content (AvgIpc) is 3.01. The zero-order chi connectivity index (χ0) is 15.0. The summed E-state index contributed by atoms with van der Waals surface area (Å²) in [5.41, 5.74) is 0.916. The first kappa shape index (κ1) is 13.7. The lowest BCUT2D eigenvalue weighted by molar-refractivity contribution is -0.135. The third-order valence-electron chi connectivity index (χ3n) is 3.43. The maximum absolute atomic E-state index is 11.6. The van der Waals surface area contributed by atoms with Crippen molar-refractivity contribution in [2.24, 2.45) is 0 Å². The molecular weight excluding hydrogens is 298 g/mol. The molecule has 0 amide bonds. The lowest BCUT2D eigenvalue weighted by Gasteiger charge is -2.27. The number of H-pyrrole nitrogens is 1. The molecule has 0 radical (unpaired) electrons. The Morgan fingerprint density at radius 1 is 1.43 bits per heavy atom. The van der Waals surface area contributed by atoms with E-state index in [4.69, 9.17) is 5.11 Å². The van der Waals surface area contributed by atoms with E-state index in [-0.39, 0.29) is 18.1 Å². The van der Waals surface area contributed by atoms with Gasteiger partial charge in [0, 0.05) is 6.04 Å². The van der Waals surface area contributed by atoms with E-state index in [1.165, 1.54) is 17.6 Å². The van der Waals surface area contributed by atoms with Crippen LogP contribution in [0.15, 0.2) is 12.7 Å². The number of fused-ring (bicyclic) bond motifs is 1. The predicted molar refractivity (Wildman–Crippen MR) is 73.7 cm³/mol. The van der Waals surface area contributed by atoms with Crippen LogP contribution in [-0.4, -0.2) is 63.5 Å². The maximum Gasteiger partial charge on any atom is 0.323 e. The number of carboxylic acid groups (broad SMARTS) is 1. The number of rotatable bonds is 4. The van der Waals surface area contributed by atoms with Crippen molar-refractivity contribution in [3.05, 3.63) is 12.7 Å². The lowest BCUT2D eigenvalue weighted by atomic mass is 10.2. The summed E-state index contributed by atoms with van der Waals surface area (Å²) in [6.07, 6.45) is 3.11. The van der Waals surface area contributed by atoms with Gasteiger partial charge in [-0.05, 0) is 6.42 Å². The van der Waals surface area contributed by atoms with Gasteiger partial charge >= 0.3 is 5.97 Å². The van der Waals surface area contributed by atoms with Crippen LogP contribution < -0.4 is 4.90 Å². The van der Waals surface area contributed by atoms with E-state index in [2.05, 4.69) is 19.9 Å². The molecule has 9 nitrogen and oxygen atoms in total. The molecule has 1 unspecified atom stereocenters. The van der Waals surface area contributed by atoms with Gasteiger partial charge in [0.2, 0.25) is 0 Å². The van der Waals surface area contributed by atoms with Gasteiger partial charge in [0.1, 0.15) is 18.4 Å². The highest BCUT2D eigenvalue weighted by molar-refractivity contribution is 7.91. The number of aromatic amines is 1. The third-order valence-corrected chi connectivity index (χ3v) is 5.18. The van der Waals surface area contributed by atoms with Crippen LogP contribution in [0.4, 0.5) is 5.82 Å². The van der Waals surface area contributed by atoms with Gasteiger partial charge in [-0.2, -0.15) is 0 Å². The van der Waals surface area contributed by atoms with Crippen LogP contribution in [0, 0.1) is 0 Å². The summed E-state index contributed by atoms with van der Waals surface area (Å²) in [6.45, 7) is -0.328. The number of carboxylic acids is 1. The normalized spacial score (nSPS) is 20.7. The molecular formula is C11H13N5O4S. The molecule has 1 aliphatic heterocycles. The second kappa shape index (κ2) is 4.95. The highest BCUT2D eigenvalue weighted by atomic mass is 32.2. The molecule has 3 rings (SSSR count). The predicted octanol–water partition coefficient (Wildman–Crippen LogP) is -0.569. The largest absolute Gasteiger partial charge is 0.480 e. The van der Waals surface area contributed by atoms with E-state index in [1.54, 1.807) is 0 Å². The number of aliphatic carboxylic acids is 1. The molecule has 21 heavy (non-hydrogen) atoms. The standard InChI is InChI=1S/C11H13N5O4S/c17-8(18)3-16(7-1-2-21(19,20)4-7)11-9-10(13-5-12-9)14-6-15-11/h5-7H,1-4H2,(H,17,18)(H,12,13,14,15). The molecule has 3 heterocycles. The summed E-state index contributed by atoms with van der Waals surface area (Å²) in [5.74, 6) is -0.696. The molecule has 0 aliphatic carbocycles. The van der Waals surface area contributed by atoms with Gasteiger partial charge in [0.05, 0.1) is 17.8 Å². The van der Waals surface area contributed by atoms with Gasteiger partial charge in [0.25, 0.3) is 0 Å². The van der Waals surface area contributed by atoms with Crippen molar-refractivity contribution in [2.75, 3.05) is 23.0 Å². The number of anilines is 1. The zero-order valence-electron chi connectivity index (χ0n) is 10.9. The van der Waals surface area contributed by atoms with Crippen LogP contribution in [0.5, 0.6) is 0 Å². The first-order valence-electron chi connectivity index (χ1n) is 6.29. The van der Waals surface area contributed by atoms with Crippen molar-refractivity contribution >= 4 is 32.8 Å². The molecule has 0 saturated carbocycles. The van der Waals surface area contributed by atoms with Gasteiger partial charge < -0.3 is 15.0 Å². The van der Waals surface area contributed by atoms with Crippen LogP contribution in [0.2, 0.25) is 0 Å². The van der Waals surface area contributed by atoms with Crippen molar-refractivity contribution in [2.45, 2.75) is 12.5 Å². The Hall–Kier alpha value is -2.23. The molecule has 1 aliphatic rings. The second-order valence-electron chi connectivity index (χ2n) is 4.88. The summed E-state index contributed by atoms with van der Waals surface area (Å²) in [7, 11) is -3.13. The minimum atomic E-state index is -3.13. The van der Waals surface area contributed by atoms with Crippen LogP contribution in [0.1, 0.15) is 6.42 Å². The molecule has 0 spiro atoms. The van der Waals surface area contributed by atoms with Gasteiger partial charge in [-0.25, -0.2) is 23.4 Å². The second-order valence-corrected chi connectivity index (χ2v) is 7.11. The number of imidazole rings is 1. The van der Waals surface area contributed by atoms with Crippen molar-refractivity contribution in [1.82, 2.24) is 19.9 Å². The Kier molecular flexibility index (Phi) is 3.24. The average molecular weight is 311 g/mol. The summed E-state index contributed by atoms with van der Waals surface area (Å²) >= 11 is 0. The molecule has 2 N–H and O–H groups in total. The number of sulfone groups is 1. The summed E-state index contributed by atoms with van der Waals surface area (Å²) < 4.78 is 23.3. The van der Waals surface area contributed by atoms with Gasteiger partial charge in [0.15, 0.2) is 21.3 Å². The van der Waals surface area contributed by atoms with Crippen molar-refractivity contribution in [1.29, 1.82) is 0 Å². The van der Waals surface area contributed by atoms with E-state index < -0.39 is 21.8 Å². The van der Waals surface area contributed by atoms with E-state index in [1.807, 2.05) is 0 Å². The van der Waals surface area contributed by atoms with Crippen LogP contribution in [0.25, 0.3) is 11.2 Å². The van der Waals surface area contributed by atoms with E-state index in [0.717, 1.165) is 0 Å². The van der Waals surface area contributed by atoms with E-state index >= 15 is 0 Å². The Bertz CT molecular complexity index is 787. The Balaban J connectivity index is 2.03. The molecule has 0 bridgehead atoms.